The van der Waals surface area contributed by atoms with Crippen molar-refractivity contribution in [2.75, 3.05) is 14.1 Å². The van der Waals surface area contributed by atoms with Crippen LogP contribution in [0.25, 0.3) is 0 Å². The molecule has 1 N–H and O–H groups in total. The van der Waals surface area contributed by atoms with Crippen molar-refractivity contribution in [1.29, 1.82) is 0 Å². The Morgan fingerprint density at radius 2 is 1.63 bits per heavy atom. The highest BCUT2D eigenvalue weighted by molar-refractivity contribution is 7.80. The third-order valence-electron chi connectivity index (χ3n) is 5.35. The summed E-state index contributed by atoms with van der Waals surface area (Å²) < 4.78 is 0. The first-order chi connectivity index (χ1) is 8.96. The Bertz CT molecular complexity index is 370. The van der Waals surface area contributed by atoms with E-state index in [1.807, 2.05) is 14.1 Å². The van der Waals surface area contributed by atoms with Crippen LogP contribution in [0, 0.1) is 23.2 Å². The topological polar surface area (TPSA) is 32.3 Å². The Balaban J connectivity index is 1.63. The van der Waals surface area contributed by atoms with Crippen LogP contribution < -0.4 is 5.32 Å². The molecule has 0 aromatic heterocycles. The van der Waals surface area contributed by atoms with Gasteiger partial charge in [0.1, 0.15) is 0 Å². The third-order valence-corrected chi connectivity index (χ3v) is 5.82. The number of amides is 1. The first kappa shape index (κ1) is 13.3. The molecule has 0 aromatic carbocycles. The Labute approximate surface area is 121 Å². The molecule has 3 nitrogen and oxygen atoms in total. The molecule has 4 aliphatic carbocycles. The van der Waals surface area contributed by atoms with Crippen molar-refractivity contribution in [3.63, 3.8) is 0 Å². The molecule has 19 heavy (non-hydrogen) atoms. The van der Waals surface area contributed by atoms with Crippen molar-refractivity contribution in [1.82, 2.24) is 10.2 Å². The van der Waals surface area contributed by atoms with E-state index in [2.05, 4.69) is 5.32 Å². The molecule has 4 aliphatic rings. The van der Waals surface area contributed by atoms with E-state index in [4.69, 9.17) is 12.2 Å². The fourth-order valence-corrected chi connectivity index (χ4v) is 5.24. The Hall–Kier alpha value is -0.640. The molecule has 4 bridgehead atoms. The van der Waals surface area contributed by atoms with E-state index in [-0.39, 0.29) is 5.91 Å². The number of carbonyl (C=O) groups is 1. The van der Waals surface area contributed by atoms with Gasteiger partial charge in [-0.25, -0.2) is 0 Å². The second-order valence-corrected chi connectivity index (χ2v) is 7.73. The van der Waals surface area contributed by atoms with Crippen molar-refractivity contribution in [2.45, 2.75) is 44.9 Å². The summed E-state index contributed by atoms with van der Waals surface area (Å²) in [6.45, 7) is 0. The summed E-state index contributed by atoms with van der Waals surface area (Å²) in [4.78, 5) is 14.0. The van der Waals surface area contributed by atoms with Crippen LogP contribution in [0.1, 0.15) is 44.9 Å². The number of nitrogens with zero attached hydrogens (tertiary/aromatic N) is 1. The number of nitrogens with one attached hydrogen (secondary N) is 1. The fourth-order valence-electron chi connectivity index (χ4n) is 5.12. The highest BCUT2D eigenvalue weighted by atomic mass is 32.1. The van der Waals surface area contributed by atoms with Gasteiger partial charge < -0.3 is 10.2 Å². The number of rotatable bonds is 2. The number of carbonyl (C=O) groups excluding carboxylic acids is 1. The minimum absolute atomic E-state index is 0.126. The zero-order valence-corrected chi connectivity index (χ0v) is 12.8. The van der Waals surface area contributed by atoms with Crippen LogP contribution in [0.5, 0.6) is 0 Å². The number of hydrogen-bond acceptors (Lipinski definition) is 2. The van der Waals surface area contributed by atoms with E-state index in [0.29, 0.717) is 16.9 Å². The summed E-state index contributed by atoms with van der Waals surface area (Å²) in [5, 5.41) is 3.41. The van der Waals surface area contributed by atoms with Crippen molar-refractivity contribution in [3.05, 3.63) is 0 Å². The normalized spacial score (nSPS) is 39.2. The lowest BCUT2D eigenvalue weighted by molar-refractivity contribution is -0.128. The van der Waals surface area contributed by atoms with Crippen LogP contribution in [-0.2, 0) is 4.79 Å². The molecule has 0 saturated heterocycles. The van der Waals surface area contributed by atoms with E-state index in [1.165, 1.54) is 38.5 Å². The zero-order valence-electron chi connectivity index (χ0n) is 11.9. The molecule has 0 spiro atoms. The average Bonchev–Trinajstić information content (AvgIpc) is 2.25. The molecule has 0 aliphatic heterocycles. The van der Waals surface area contributed by atoms with Crippen molar-refractivity contribution < 1.29 is 4.79 Å². The third kappa shape index (κ3) is 2.64. The summed E-state index contributed by atoms with van der Waals surface area (Å²) in [6, 6.07) is 0. The molecule has 1 amide bonds. The van der Waals surface area contributed by atoms with Crippen molar-refractivity contribution in [3.8, 4) is 0 Å². The summed E-state index contributed by atoms with van der Waals surface area (Å²) in [6.07, 6.45) is 8.80. The predicted molar refractivity (Wildman–Crippen MR) is 79.6 cm³/mol. The van der Waals surface area contributed by atoms with Gasteiger partial charge in [0.15, 0.2) is 5.11 Å². The van der Waals surface area contributed by atoms with Crippen LogP contribution in [0.3, 0.4) is 0 Å². The summed E-state index contributed by atoms with van der Waals surface area (Å²) in [5.41, 5.74) is 0.306. The van der Waals surface area contributed by atoms with Gasteiger partial charge in [-0.3, -0.25) is 4.79 Å². The zero-order chi connectivity index (χ0) is 13.6. The molecule has 0 heterocycles. The van der Waals surface area contributed by atoms with Gasteiger partial charge in [-0.05, 0) is 73.9 Å². The van der Waals surface area contributed by atoms with E-state index >= 15 is 0 Å². The monoisotopic (exact) mass is 280 g/mol. The maximum Gasteiger partial charge on any atom is 0.226 e. The summed E-state index contributed by atoms with van der Waals surface area (Å²) in [5.74, 6) is 2.83. The van der Waals surface area contributed by atoms with E-state index in [0.717, 1.165) is 17.8 Å². The molecule has 4 saturated carbocycles. The highest BCUT2D eigenvalue weighted by Gasteiger charge is 2.51. The predicted octanol–water partition coefficient (Wildman–Crippen LogP) is 2.56. The average molecular weight is 280 g/mol. The second-order valence-electron chi connectivity index (χ2n) is 7.34. The van der Waals surface area contributed by atoms with Gasteiger partial charge in [-0.2, -0.15) is 0 Å². The van der Waals surface area contributed by atoms with E-state index in [1.54, 1.807) is 4.90 Å². The van der Waals surface area contributed by atoms with Crippen LogP contribution in [0.15, 0.2) is 0 Å². The molecule has 4 heteroatoms. The SMILES string of the molecule is CN(C)C(=S)NC(=O)CC12CC3CC(CC(C3)C1)C2. The second kappa shape index (κ2) is 4.72. The van der Waals surface area contributed by atoms with Crippen LogP contribution in [0.4, 0.5) is 0 Å². The highest BCUT2D eigenvalue weighted by Crippen LogP contribution is 2.61. The molecule has 0 radical (unpaired) electrons. The first-order valence-electron chi connectivity index (χ1n) is 7.47. The van der Waals surface area contributed by atoms with Crippen LogP contribution >= 0.6 is 12.2 Å². The summed E-state index contributed by atoms with van der Waals surface area (Å²) >= 11 is 5.16. The lowest BCUT2D eigenvalue weighted by atomic mass is 9.49. The minimum Gasteiger partial charge on any atom is -0.355 e. The smallest absolute Gasteiger partial charge is 0.226 e. The van der Waals surface area contributed by atoms with Gasteiger partial charge in [0.25, 0.3) is 0 Å². The molecule has 4 fully saturated rings. The Morgan fingerprint density at radius 3 is 2.05 bits per heavy atom. The van der Waals surface area contributed by atoms with Crippen LogP contribution in [0.2, 0.25) is 0 Å². The Kier molecular flexibility index (Phi) is 3.32. The maximum atomic E-state index is 12.2. The number of thiocarbonyl (C=S) groups is 1. The fraction of sp³-hybridized carbons (Fsp3) is 0.867. The molecular formula is C15H24N2OS. The lowest BCUT2D eigenvalue weighted by Crippen LogP contribution is -2.49. The van der Waals surface area contributed by atoms with Crippen molar-refractivity contribution >= 4 is 23.2 Å². The Morgan fingerprint density at radius 1 is 1.16 bits per heavy atom. The minimum atomic E-state index is 0.126. The first-order valence-corrected chi connectivity index (χ1v) is 7.88. The molecule has 0 unspecified atom stereocenters. The van der Waals surface area contributed by atoms with Gasteiger partial charge in [0.2, 0.25) is 5.91 Å². The molecule has 4 rings (SSSR count). The lowest BCUT2D eigenvalue weighted by Gasteiger charge is -2.56. The molecule has 0 aromatic rings. The molecular weight excluding hydrogens is 256 g/mol. The van der Waals surface area contributed by atoms with Gasteiger partial charge in [-0.15, -0.1) is 0 Å². The maximum absolute atomic E-state index is 12.2. The van der Waals surface area contributed by atoms with E-state index in [9.17, 15) is 4.79 Å². The largest absolute Gasteiger partial charge is 0.355 e. The van der Waals surface area contributed by atoms with Gasteiger partial charge >= 0.3 is 0 Å². The quantitative estimate of drug-likeness (QED) is 0.789. The van der Waals surface area contributed by atoms with Gasteiger partial charge in [0, 0.05) is 20.5 Å². The van der Waals surface area contributed by atoms with Crippen molar-refractivity contribution in [2.24, 2.45) is 23.2 Å². The number of hydrogen-bond donors (Lipinski definition) is 1. The van der Waals surface area contributed by atoms with E-state index < -0.39 is 0 Å². The summed E-state index contributed by atoms with van der Waals surface area (Å²) in [7, 11) is 3.74. The molecule has 106 valence electrons. The molecule has 0 atom stereocenters. The van der Waals surface area contributed by atoms with Crippen LogP contribution in [-0.4, -0.2) is 30.0 Å². The van der Waals surface area contributed by atoms with Gasteiger partial charge in [-0.1, -0.05) is 0 Å². The standard InChI is InChI=1S/C15H24N2OS/c1-17(2)14(19)16-13(18)9-15-6-10-3-11(7-15)5-12(4-10)8-15/h10-12H,3-9H2,1-2H3,(H,16,18,19). The van der Waals surface area contributed by atoms with Gasteiger partial charge in [0.05, 0.1) is 0 Å².